The van der Waals surface area contributed by atoms with Gasteiger partial charge >= 0.3 is 0 Å². The largest absolute Gasteiger partial charge is 0.303 e. The number of aldehydes is 1. The molecule has 0 aliphatic heterocycles. The molecule has 0 radical (unpaired) electrons. The molecule has 0 aromatic carbocycles. The van der Waals surface area contributed by atoms with Crippen LogP contribution in [0.2, 0.25) is 0 Å². The Morgan fingerprint density at radius 1 is 1.07 bits per heavy atom. The molecular formula is C14H18O. The van der Waals surface area contributed by atoms with Gasteiger partial charge < -0.3 is 4.79 Å². The van der Waals surface area contributed by atoms with Gasteiger partial charge in [0.2, 0.25) is 0 Å². The molecule has 0 amide bonds. The first kappa shape index (κ1) is 8.55. The first-order valence-corrected chi connectivity index (χ1v) is 6.45. The van der Waals surface area contributed by atoms with E-state index < -0.39 is 0 Å². The molecule has 0 heterocycles. The van der Waals surface area contributed by atoms with Crippen molar-refractivity contribution in [3.05, 3.63) is 12.2 Å². The molecule has 3 fully saturated rings. The van der Waals surface area contributed by atoms with E-state index in [0.29, 0.717) is 11.8 Å². The summed E-state index contributed by atoms with van der Waals surface area (Å²) in [5.74, 6) is 6.23. The van der Waals surface area contributed by atoms with Gasteiger partial charge in [-0.05, 0) is 54.3 Å². The second-order valence-electron chi connectivity index (χ2n) is 6.24. The molecule has 4 aliphatic rings. The topological polar surface area (TPSA) is 17.1 Å². The number of hydrogen-bond donors (Lipinski definition) is 0. The molecule has 1 nitrogen and oxygen atoms in total. The normalized spacial score (nSPS) is 63.8. The van der Waals surface area contributed by atoms with Crippen molar-refractivity contribution >= 4 is 6.29 Å². The summed E-state index contributed by atoms with van der Waals surface area (Å²) in [5.41, 5.74) is 0. The standard InChI is InChI=1S/C14H18O/c1-7-10-5-11(12(7)6-15)14-9-3-2-8(4-9)13(10)14/h2-3,6-14H,4-5H2,1H3. The number of carbonyl (C=O) groups excluding carboxylic acids is 1. The van der Waals surface area contributed by atoms with Crippen LogP contribution in [-0.2, 0) is 4.79 Å². The molecule has 3 saturated carbocycles. The molecule has 15 heavy (non-hydrogen) atoms. The first-order valence-electron chi connectivity index (χ1n) is 6.45. The monoisotopic (exact) mass is 202 g/mol. The van der Waals surface area contributed by atoms with E-state index in [2.05, 4.69) is 19.1 Å². The Hall–Kier alpha value is -0.590. The van der Waals surface area contributed by atoms with Crippen LogP contribution in [0.3, 0.4) is 0 Å². The Labute approximate surface area is 90.9 Å². The lowest BCUT2D eigenvalue weighted by atomic mass is 9.66. The molecule has 1 heteroatoms. The lowest BCUT2D eigenvalue weighted by molar-refractivity contribution is -0.115. The van der Waals surface area contributed by atoms with Crippen LogP contribution < -0.4 is 0 Å². The number of allylic oxidation sites excluding steroid dienone is 2. The van der Waals surface area contributed by atoms with Gasteiger partial charge in [-0.2, -0.15) is 0 Å². The first-order chi connectivity index (χ1) is 7.31. The number of rotatable bonds is 1. The van der Waals surface area contributed by atoms with Gasteiger partial charge in [0.25, 0.3) is 0 Å². The fourth-order valence-corrected chi connectivity index (χ4v) is 5.61. The molecule has 4 bridgehead atoms. The van der Waals surface area contributed by atoms with Crippen LogP contribution in [0, 0.1) is 47.3 Å². The van der Waals surface area contributed by atoms with Gasteiger partial charge in [-0.25, -0.2) is 0 Å². The summed E-state index contributed by atoms with van der Waals surface area (Å²) >= 11 is 0. The zero-order valence-corrected chi connectivity index (χ0v) is 9.17. The van der Waals surface area contributed by atoms with Gasteiger partial charge in [-0.15, -0.1) is 0 Å². The average molecular weight is 202 g/mol. The van der Waals surface area contributed by atoms with Crippen LogP contribution in [0.25, 0.3) is 0 Å². The maximum Gasteiger partial charge on any atom is 0.123 e. The van der Waals surface area contributed by atoms with Gasteiger partial charge in [0.05, 0.1) is 0 Å². The zero-order valence-electron chi connectivity index (χ0n) is 9.17. The third kappa shape index (κ3) is 0.811. The van der Waals surface area contributed by atoms with Crippen molar-refractivity contribution < 1.29 is 4.79 Å². The summed E-state index contributed by atoms with van der Waals surface area (Å²) in [6, 6.07) is 0. The van der Waals surface area contributed by atoms with E-state index in [0.717, 1.165) is 35.5 Å². The van der Waals surface area contributed by atoms with Gasteiger partial charge in [0.15, 0.2) is 0 Å². The van der Waals surface area contributed by atoms with Crippen molar-refractivity contribution in [3.63, 3.8) is 0 Å². The minimum absolute atomic E-state index is 0.393. The molecule has 0 aromatic rings. The second-order valence-corrected chi connectivity index (χ2v) is 6.24. The Kier molecular flexibility index (Phi) is 1.46. The molecular weight excluding hydrogens is 184 g/mol. The van der Waals surface area contributed by atoms with Gasteiger partial charge in [-0.1, -0.05) is 19.1 Å². The van der Waals surface area contributed by atoms with E-state index >= 15 is 0 Å². The highest BCUT2D eigenvalue weighted by molar-refractivity contribution is 5.56. The highest BCUT2D eigenvalue weighted by Crippen LogP contribution is 2.68. The van der Waals surface area contributed by atoms with Crippen molar-refractivity contribution in [2.45, 2.75) is 19.8 Å². The molecule has 0 spiro atoms. The molecule has 4 aliphatic carbocycles. The van der Waals surface area contributed by atoms with Crippen molar-refractivity contribution in [1.82, 2.24) is 0 Å². The van der Waals surface area contributed by atoms with E-state index in [1.807, 2.05) is 0 Å². The minimum Gasteiger partial charge on any atom is -0.303 e. The van der Waals surface area contributed by atoms with Crippen molar-refractivity contribution in [3.8, 4) is 0 Å². The van der Waals surface area contributed by atoms with Gasteiger partial charge in [-0.3, -0.25) is 0 Å². The maximum atomic E-state index is 11.2. The molecule has 0 N–H and O–H groups in total. The molecule has 80 valence electrons. The summed E-state index contributed by atoms with van der Waals surface area (Å²) in [7, 11) is 0. The van der Waals surface area contributed by atoms with Crippen LogP contribution in [0.5, 0.6) is 0 Å². The maximum absolute atomic E-state index is 11.2. The lowest BCUT2D eigenvalue weighted by Crippen LogP contribution is -2.36. The van der Waals surface area contributed by atoms with Crippen molar-refractivity contribution in [2.24, 2.45) is 47.3 Å². The number of fused-ring (bicyclic) bond motifs is 9. The second kappa shape index (κ2) is 2.56. The minimum atomic E-state index is 0.393. The van der Waals surface area contributed by atoms with Crippen LogP contribution in [0.15, 0.2) is 12.2 Å². The Balaban J connectivity index is 1.76. The molecule has 0 saturated heterocycles. The van der Waals surface area contributed by atoms with Crippen molar-refractivity contribution in [1.29, 1.82) is 0 Å². The van der Waals surface area contributed by atoms with Crippen LogP contribution in [0.1, 0.15) is 19.8 Å². The van der Waals surface area contributed by atoms with E-state index in [1.165, 1.54) is 19.1 Å². The molecule has 0 aromatic heterocycles. The SMILES string of the molecule is CC1C(C=O)C2CC1C1C3C=CC(C3)C21. The van der Waals surface area contributed by atoms with Crippen molar-refractivity contribution in [2.75, 3.05) is 0 Å². The summed E-state index contributed by atoms with van der Waals surface area (Å²) in [4.78, 5) is 11.2. The van der Waals surface area contributed by atoms with Gasteiger partial charge in [0.1, 0.15) is 6.29 Å². The summed E-state index contributed by atoms with van der Waals surface area (Å²) in [6.45, 7) is 2.32. The highest BCUT2D eigenvalue weighted by atomic mass is 16.1. The van der Waals surface area contributed by atoms with Crippen LogP contribution in [0.4, 0.5) is 0 Å². The highest BCUT2D eigenvalue weighted by Gasteiger charge is 2.63. The lowest BCUT2D eigenvalue weighted by Gasteiger charge is -2.38. The molecule has 8 unspecified atom stereocenters. The third-order valence-corrected chi connectivity index (χ3v) is 6.05. The summed E-state index contributed by atoms with van der Waals surface area (Å²) in [5, 5.41) is 0. The fraction of sp³-hybridized carbons (Fsp3) is 0.786. The van der Waals surface area contributed by atoms with Gasteiger partial charge in [0, 0.05) is 5.92 Å². The fourth-order valence-electron chi connectivity index (χ4n) is 5.61. The van der Waals surface area contributed by atoms with Crippen LogP contribution >= 0.6 is 0 Å². The summed E-state index contributed by atoms with van der Waals surface area (Å²) < 4.78 is 0. The molecule has 4 rings (SSSR count). The van der Waals surface area contributed by atoms with E-state index in [4.69, 9.17) is 0 Å². The predicted molar refractivity (Wildman–Crippen MR) is 58.0 cm³/mol. The molecule has 8 atom stereocenters. The average Bonchev–Trinajstić information content (AvgIpc) is 2.94. The number of carbonyl (C=O) groups is 1. The van der Waals surface area contributed by atoms with E-state index in [-0.39, 0.29) is 0 Å². The zero-order chi connectivity index (χ0) is 10.2. The quantitative estimate of drug-likeness (QED) is 0.363. The number of hydrogen-bond acceptors (Lipinski definition) is 1. The third-order valence-electron chi connectivity index (χ3n) is 6.05. The Bertz CT molecular complexity index is 345. The smallest absolute Gasteiger partial charge is 0.123 e. The Morgan fingerprint density at radius 2 is 1.73 bits per heavy atom. The van der Waals surface area contributed by atoms with E-state index in [1.54, 1.807) is 0 Å². The predicted octanol–water partition coefficient (Wildman–Crippen LogP) is 2.53. The van der Waals surface area contributed by atoms with E-state index in [9.17, 15) is 4.79 Å². The van der Waals surface area contributed by atoms with Crippen LogP contribution in [-0.4, -0.2) is 6.29 Å². The Morgan fingerprint density at radius 3 is 2.40 bits per heavy atom. The summed E-state index contributed by atoms with van der Waals surface area (Å²) in [6.07, 6.45) is 8.94.